The summed E-state index contributed by atoms with van der Waals surface area (Å²) in [7, 11) is 0. The first kappa shape index (κ1) is 51.3. The molecule has 0 saturated carbocycles. The second-order valence-electron chi connectivity index (χ2n) is 13.5. The Morgan fingerprint density at radius 1 is 0.661 bits per heavy atom. The SMILES string of the molecule is C=C/C=C(\C=C/C)c1ccccc1-c1ccc2c(c1)C/C=C\C=C/CC1=C2CCC=C1.C=C/C=C\C(=C/C)c1cc(C)cc(/C(C=C)=C/C=C\C)c1.CC.CC.CCC. The van der Waals surface area contributed by atoms with E-state index in [4.69, 9.17) is 0 Å². The Bertz CT molecular complexity index is 2070. The lowest BCUT2D eigenvalue weighted by atomic mass is 9.84. The number of hydrogen-bond donors (Lipinski definition) is 0. The molecular formula is C59H74. The summed E-state index contributed by atoms with van der Waals surface area (Å²) in [5.74, 6) is 0. The summed E-state index contributed by atoms with van der Waals surface area (Å²) in [5.41, 5.74) is 16.7. The highest BCUT2D eigenvalue weighted by Crippen LogP contribution is 2.37. The van der Waals surface area contributed by atoms with Crippen molar-refractivity contribution in [2.24, 2.45) is 0 Å². The minimum Gasteiger partial charge on any atom is -0.0991 e. The van der Waals surface area contributed by atoms with E-state index < -0.39 is 0 Å². The van der Waals surface area contributed by atoms with E-state index in [0.717, 1.165) is 31.3 Å². The van der Waals surface area contributed by atoms with Crippen molar-refractivity contribution in [2.75, 3.05) is 0 Å². The van der Waals surface area contributed by atoms with Crippen molar-refractivity contribution in [3.05, 3.63) is 229 Å². The number of benzene rings is 3. The third kappa shape index (κ3) is 17.0. The third-order valence-electron chi connectivity index (χ3n) is 9.10. The lowest BCUT2D eigenvalue weighted by Crippen LogP contribution is -2.00. The number of allylic oxidation sites excluding steroid dienone is 23. The maximum absolute atomic E-state index is 3.92. The van der Waals surface area contributed by atoms with Crippen molar-refractivity contribution < 1.29 is 0 Å². The van der Waals surface area contributed by atoms with Crippen LogP contribution in [0.3, 0.4) is 0 Å². The quantitative estimate of drug-likeness (QED) is 0.180. The molecule has 0 nitrogen and oxygen atoms in total. The fraction of sp³-hybridized carbons (Fsp3) is 0.254. The number of fused-ring (bicyclic) bond motifs is 2. The Balaban J connectivity index is 0.000000542. The molecule has 0 N–H and O–H groups in total. The fourth-order valence-corrected chi connectivity index (χ4v) is 6.64. The van der Waals surface area contributed by atoms with Crippen LogP contribution in [0.5, 0.6) is 0 Å². The van der Waals surface area contributed by atoms with Gasteiger partial charge in [0, 0.05) is 0 Å². The van der Waals surface area contributed by atoms with Gasteiger partial charge in [0.1, 0.15) is 0 Å². The highest BCUT2D eigenvalue weighted by atomic mass is 14.2. The fourth-order valence-electron chi connectivity index (χ4n) is 6.64. The van der Waals surface area contributed by atoms with Gasteiger partial charge in [-0.05, 0) is 132 Å². The van der Waals surface area contributed by atoms with Crippen LogP contribution in [0.4, 0.5) is 0 Å². The van der Waals surface area contributed by atoms with Crippen LogP contribution in [0.2, 0.25) is 0 Å². The van der Waals surface area contributed by atoms with Crippen molar-refractivity contribution >= 4 is 22.3 Å². The van der Waals surface area contributed by atoms with E-state index in [1.807, 2.05) is 65.0 Å². The summed E-state index contributed by atoms with van der Waals surface area (Å²) in [6, 6.07) is 22.3. The predicted molar refractivity (Wildman–Crippen MR) is 273 cm³/mol. The molecule has 0 heteroatoms. The van der Waals surface area contributed by atoms with Gasteiger partial charge in [-0.3, -0.25) is 0 Å². The van der Waals surface area contributed by atoms with Gasteiger partial charge < -0.3 is 0 Å². The van der Waals surface area contributed by atoms with Gasteiger partial charge in [0.05, 0.1) is 0 Å². The van der Waals surface area contributed by atoms with E-state index in [-0.39, 0.29) is 0 Å². The van der Waals surface area contributed by atoms with Crippen LogP contribution in [0.1, 0.15) is 121 Å². The lowest BCUT2D eigenvalue weighted by Gasteiger charge is -2.20. The van der Waals surface area contributed by atoms with Crippen LogP contribution in [0.15, 0.2) is 195 Å². The average molecular weight is 783 g/mol. The molecule has 0 bridgehead atoms. The van der Waals surface area contributed by atoms with Gasteiger partial charge in [-0.2, -0.15) is 0 Å². The van der Waals surface area contributed by atoms with Gasteiger partial charge in [0.15, 0.2) is 0 Å². The van der Waals surface area contributed by atoms with E-state index in [2.05, 4.69) is 188 Å². The zero-order valence-corrected chi connectivity index (χ0v) is 38.3. The first-order valence-corrected chi connectivity index (χ1v) is 21.8. The predicted octanol–water partition coefficient (Wildman–Crippen LogP) is 18.4. The summed E-state index contributed by atoms with van der Waals surface area (Å²) in [6.45, 7) is 32.0. The Kier molecular flexibility index (Phi) is 27.2. The molecule has 0 heterocycles. The molecule has 0 radical (unpaired) electrons. The van der Waals surface area contributed by atoms with Crippen molar-refractivity contribution in [1.29, 1.82) is 0 Å². The van der Waals surface area contributed by atoms with Gasteiger partial charge in [0.25, 0.3) is 0 Å². The number of aryl methyl sites for hydroxylation is 1. The summed E-state index contributed by atoms with van der Waals surface area (Å²) in [5, 5.41) is 0. The van der Waals surface area contributed by atoms with Crippen LogP contribution in [-0.2, 0) is 6.42 Å². The second kappa shape index (κ2) is 31.3. The first-order valence-electron chi connectivity index (χ1n) is 21.8. The van der Waals surface area contributed by atoms with E-state index in [9.17, 15) is 0 Å². The summed E-state index contributed by atoms with van der Waals surface area (Å²) in [6.07, 6.45) is 43.2. The van der Waals surface area contributed by atoms with Gasteiger partial charge >= 0.3 is 0 Å². The average Bonchev–Trinajstić information content (AvgIpc) is 3.27. The van der Waals surface area contributed by atoms with Crippen LogP contribution in [0.25, 0.3) is 33.4 Å². The molecular weight excluding hydrogens is 709 g/mol. The molecule has 310 valence electrons. The Hall–Kier alpha value is -5.72. The third-order valence-corrected chi connectivity index (χ3v) is 9.10. The van der Waals surface area contributed by atoms with Crippen LogP contribution < -0.4 is 0 Å². The van der Waals surface area contributed by atoms with E-state index in [0.29, 0.717) is 0 Å². The van der Waals surface area contributed by atoms with Crippen molar-refractivity contribution in [3.63, 3.8) is 0 Å². The minimum absolute atomic E-state index is 0.945. The standard InChI is InChI=1S/C31H30.C21H24.C3H8.2C2H6/c1-3-13-24(14-4-2)28-19-11-12-20-30(28)27-21-22-31-26(23-27)17-8-6-5-7-15-25-16-9-10-18-29(25)31;1-6-10-12-18(8-3)20-14-17(5)15-21(16-20)19(9-4)13-11-7-2;1-3-2;2*1-2/h3-9,11-14,16,19-23H,1,10,15,17-18H2,2H3;6-16H,1,4H2,2-3,5H3;3H2,1-2H3;2*1-2H3/b7-5-,8-6-,14-4-,24-13+;11-7-,12-10-,18-8+,19-13+;;;. The molecule has 2 aliphatic rings. The van der Waals surface area contributed by atoms with Gasteiger partial charge in [0.2, 0.25) is 0 Å². The molecule has 0 amide bonds. The van der Waals surface area contributed by atoms with E-state index >= 15 is 0 Å². The van der Waals surface area contributed by atoms with Crippen LogP contribution >= 0.6 is 0 Å². The Morgan fingerprint density at radius 2 is 1.34 bits per heavy atom. The van der Waals surface area contributed by atoms with Gasteiger partial charge in [-0.25, -0.2) is 0 Å². The highest BCUT2D eigenvalue weighted by Gasteiger charge is 2.16. The topological polar surface area (TPSA) is 0 Å². The van der Waals surface area contributed by atoms with Crippen molar-refractivity contribution in [1.82, 2.24) is 0 Å². The number of rotatable bonds is 10. The molecule has 0 saturated heterocycles. The molecule has 2 aliphatic carbocycles. The van der Waals surface area contributed by atoms with Crippen molar-refractivity contribution in [3.8, 4) is 11.1 Å². The molecule has 5 rings (SSSR count). The van der Waals surface area contributed by atoms with E-state index in [1.54, 1.807) is 6.08 Å². The Labute approximate surface area is 362 Å². The van der Waals surface area contributed by atoms with Gasteiger partial charge in [-0.15, -0.1) is 0 Å². The summed E-state index contributed by atoms with van der Waals surface area (Å²) < 4.78 is 0. The minimum atomic E-state index is 0.945. The largest absolute Gasteiger partial charge is 0.0991 e. The maximum atomic E-state index is 3.92. The smallest absolute Gasteiger partial charge is 0.00881 e. The molecule has 0 unspecified atom stereocenters. The van der Waals surface area contributed by atoms with Crippen LogP contribution in [-0.4, -0.2) is 0 Å². The second-order valence-corrected chi connectivity index (χ2v) is 13.5. The zero-order valence-electron chi connectivity index (χ0n) is 38.3. The van der Waals surface area contributed by atoms with Crippen molar-refractivity contribution in [2.45, 2.75) is 101 Å². The zero-order chi connectivity index (χ0) is 43.8. The maximum Gasteiger partial charge on any atom is -0.00881 e. The highest BCUT2D eigenvalue weighted by molar-refractivity contribution is 5.87. The monoisotopic (exact) mass is 783 g/mol. The summed E-state index contributed by atoms with van der Waals surface area (Å²) >= 11 is 0. The summed E-state index contributed by atoms with van der Waals surface area (Å²) in [4.78, 5) is 0. The molecule has 0 atom stereocenters. The lowest BCUT2D eigenvalue weighted by molar-refractivity contribution is 1.01. The van der Waals surface area contributed by atoms with Crippen LogP contribution in [0, 0.1) is 6.92 Å². The molecule has 0 spiro atoms. The number of hydrogen-bond acceptors (Lipinski definition) is 0. The molecule has 3 aromatic rings. The molecule has 0 aromatic heterocycles. The molecule has 0 aliphatic heterocycles. The van der Waals surface area contributed by atoms with E-state index in [1.165, 1.54) is 73.2 Å². The molecule has 3 aromatic carbocycles. The first-order chi connectivity index (χ1) is 28.9. The molecule has 0 fully saturated rings. The van der Waals surface area contributed by atoms with Gasteiger partial charge in [-0.1, -0.05) is 232 Å². The molecule has 59 heavy (non-hydrogen) atoms. The normalized spacial score (nSPS) is 14.8. The Morgan fingerprint density at radius 3 is 1.97 bits per heavy atom.